The van der Waals surface area contributed by atoms with E-state index in [2.05, 4.69) is 4.98 Å². The van der Waals surface area contributed by atoms with Crippen LogP contribution in [0.3, 0.4) is 0 Å². The van der Waals surface area contributed by atoms with Crippen molar-refractivity contribution in [3.05, 3.63) is 95.9 Å². The molecule has 1 aliphatic carbocycles. The lowest BCUT2D eigenvalue weighted by Gasteiger charge is -2.22. The highest BCUT2D eigenvalue weighted by Crippen LogP contribution is 2.33. The van der Waals surface area contributed by atoms with Crippen LogP contribution in [-0.4, -0.2) is 23.6 Å². The van der Waals surface area contributed by atoms with E-state index in [1.165, 1.54) is 37.7 Å². The van der Waals surface area contributed by atoms with Crippen molar-refractivity contribution in [1.82, 2.24) is 9.38 Å². The Kier molecular flexibility index (Phi) is 6.33. The summed E-state index contributed by atoms with van der Waals surface area (Å²) in [7, 11) is -3.57. The van der Waals surface area contributed by atoms with Gasteiger partial charge in [-0.2, -0.15) is 0 Å². The van der Waals surface area contributed by atoms with Crippen LogP contribution < -0.4 is 0 Å². The number of hydrogen-bond donors (Lipinski definition) is 0. The molecule has 2 heterocycles. The van der Waals surface area contributed by atoms with Gasteiger partial charge in [-0.25, -0.2) is 13.4 Å². The molecule has 0 amide bonds. The summed E-state index contributed by atoms with van der Waals surface area (Å²) in [6.07, 6.45) is 12.4. The number of aromatic nitrogens is 2. The molecule has 1 fully saturated rings. The molecule has 0 saturated heterocycles. The Balaban J connectivity index is 1.24. The standard InChI is InChI=1S/C28H28N2O3S/c31-27(24-11-17-28-29-18-19-30(28)20-24)16-8-21-6-12-25(13-7-21)34(32,33)26-14-9-23(10-15-26)22-4-2-1-3-5-22/h6-7,9-15,17-20,22H,1-5,8,16H2. The second kappa shape index (κ2) is 9.55. The summed E-state index contributed by atoms with van der Waals surface area (Å²) in [5.41, 5.74) is 3.62. The molecule has 4 aromatic rings. The zero-order chi connectivity index (χ0) is 23.5. The molecular formula is C28H28N2O3S. The SMILES string of the molecule is O=C(CCc1ccc(S(=O)(=O)c2ccc(C3CCCCC3)cc2)cc1)c1ccc2nccn2c1. The molecule has 0 bridgehead atoms. The van der Waals surface area contributed by atoms with Gasteiger partial charge >= 0.3 is 0 Å². The van der Waals surface area contributed by atoms with Crippen LogP contribution in [0.15, 0.2) is 89.0 Å². The maximum Gasteiger partial charge on any atom is 0.206 e. The van der Waals surface area contributed by atoms with Gasteiger partial charge in [-0.1, -0.05) is 43.5 Å². The smallest absolute Gasteiger partial charge is 0.206 e. The summed E-state index contributed by atoms with van der Waals surface area (Å²) >= 11 is 0. The van der Waals surface area contributed by atoms with Crippen molar-refractivity contribution in [2.24, 2.45) is 0 Å². The van der Waals surface area contributed by atoms with Crippen molar-refractivity contribution in [3.8, 4) is 0 Å². The first-order chi connectivity index (χ1) is 16.5. The van der Waals surface area contributed by atoms with Gasteiger partial charge < -0.3 is 4.40 Å². The van der Waals surface area contributed by atoms with Crippen LogP contribution in [0, 0.1) is 0 Å². The maximum atomic E-state index is 13.1. The fourth-order valence-corrected chi connectivity index (χ4v) is 6.07. The Hall–Kier alpha value is -3.25. The van der Waals surface area contributed by atoms with E-state index in [0.29, 0.717) is 29.2 Å². The maximum absolute atomic E-state index is 13.1. The summed E-state index contributed by atoms with van der Waals surface area (Å²) in [5, 5.41) is 0. The fourth-order valence-electron chi connectivity index (χ4n) is 4.81. The zero-order valence-electron chi connectivity index (χ0n) is 19.1. The number of Topliss-reactive ketones (excluding diaryl/α,β-unsaturated/α-hetero) is 1. The number of benzene rings is 2. The molecule has 5 nitrogen and oxygen atoms in total. The molecule has 0 spiro atoms. The number of sulfone groups is 1. The molecule has 1 saturated carbocycles. The monoisotopic (exact) mass is 472 g/mol. The van der Waals surface area contributed by atoms with E-state index >= 15 is 0 Å². The van der Waals surface area contributed by atoms with Crippen molar-refractivity contribution in [2.75, 3.05) is 0 Å². The molecule has 0 N–H and O–H groups in total. The molecule has 2 aromatic carbocycles. The van der Waals surface area contributed by atoms with Crippen molar-refractivity contribution in [2.45, 2.75) is 60.7 Å². The second-order valence-corrected chi connectivity index (χ2v) is 11.0. The lowest BCUT2D eigenvalue weighted by Crippen LogP contribution is -2.06. The Morgan fingerprint density at radius 3 is 2.26 bits per heavy atom. The molecule has 5 rings (SSSR count). The Morgan fingerprint density at radius 1 is 0.882 bits per heavy atom. The van der Waals surface area contributed by atoms with Crippen LogP contribution in [0.25, 0.3) is 5.65 Å². The largest absolute Gasteiger partial charge is 0.306 e. The van der Waals surface area contributed by atoms with Gasteiger partial charge in [0.2, 0.25) is 9.84 Å². The summed E-state index contributed by atoms with van der Waals surface area (Å²) in [6.45, 7) is 0. The van der Waals surface area contributed by atoms with Gasteiger partial charge in [0.1, 0.15) is 5.65 Å². The van der Waals surface area contributed by atoms with Crippen LogP contribution >= 0.6 is 0 Å². The minimum Gasteiger partial charge on any atom is -0.306 e. The number of hydrogen-bond acceptors (Lipinski definition) is 4. The van der Waals surface area contributed by atoms with Crippen molar-refractivity contribution >= 4 is 21.3 Å². The predicted octanol–water partition coefficient (Wildman–Crippen LogP) is 6.03. The Morgan fingerprint density at radius 2 is 1.56 bits per heavy atom. The van der Waals surface area contributed by atoms with Gasteiger partial charge in [0.05, 0.1) is 9.79 Å². The highest BCUT2D eigenvalue weighted by atomic mass is 32.2. The number of pyridine rings is 1. The van der Waals surface area contributed by atoms with Crippen LogP contribution in [0.5, 0.6) is 0 Å². The highest BCUT2D eigenvalue weighted by molar-refractivity contribution is 7.91. The van der Waals surface area contributed by atoms with E-state index in [1.807, 2.05) is 28.8 Å². The van der Waals surface area contributed by atoms with Crippen LogP contribution in [-0.2, 0) is 16.3 Å². The van der Waals surface area contributed by atoms with Crippen molar-refractivity contribution in [1.29, 1.82) is 0 Å². The van der Waals surface area contributed by atoms with Crippen molar-refractivity contribution in [3.63, 3.8) is 0 Å². The minimum absolute atomic E-state index is 0.0466. The number of aryl methyl sites for hydroxylation is 1. The molecule has 34 heavy (non-hydrogen) atoms. The Labute approximate surface area is 200 Å². The molecule has 2 aromatic heterocycles. The number of ketones is 1. The molecular weight excluding hydrogens is 444 g/mol. The summed E-state index contributed by atoms with van der Waals surface area (Å²) in [5.74, 6) is 0.597. The van der Waals surface area contributed by atoms with E-state index in [4.69, 9.17) is 0 Å². The molecule has 0 atom stereocenters. The van der Waals surface area contributed by atoms with E-state index in [0.717, 1.165) is 11.2 Å². The Bertz CT molecular complexity index is 1400. The lowest BCUT2D eigenvalue weighted by molar-refractivity contribution is 0.0982. The average molecular weight is 473 g/mol. The number of imidazole rings is 1. The van der Waals surface area contributed by atoms with Crippen LogP contribution in [0.4, 0.5) is 0 Å². The normalized spacial score (nSPS) is 14.9. The topological polar surface area (TPSA) is 68.5 Å². The third-order valence-electron chi connectivity index (χ3n) is 6.85. The first-order valence-corrected chi connectivity index (χ1v) is 13.4. The van der Waals surface area contributed by atoms with E-state index in [1.54, 1.807) is 54.9 Å². The van der Waals surface area contributed by atoms with Gasteiger partial charge in [0, 0.05) is 30.6 Å². The lowest BCUT2D eigenvalue weighted by atomic mass is 9.84. The number of nitrogens with zero attached hydrogens (tertiary/aromatic N) is 2. The fraction of sp³-hybridized carbons (Fsp3) is 0.286. The number of fused-ring (bicyclic) bond motifs is 1. The summed E-state index contributed by atoms with van der Waals surface area (Å²) < 4.78 is 28.0. The van der Waals surface area contributed by atoms with E-state index < -0.39 is 9.84 Å². The summed E-state index contributed by atoms with van der Waals surface area (Å²) in [6, 6.07) is 17.9. The zero-order valence-corrected chi connectivity index (χ0v) is 19.9. The average Bonchev–Trinajstić information content (AvgIpc) is 3.36. The molecule has 6 heteroatoms. The third-order valence-corrected chi connectivity index (χ3v) is 8.64. The van der Waals surface area contributed by atoms with Gasteiger partial charge in [-0.15, -0.1) is 0 Å². The van der Waals surface area contributed by atoms with Gasteiger partial charge in [0.25, 0.3) is 0 Å². The van der Waals surface area contributed by atoms with E-state index in [9.17, 15) is 13.2 Å². The summed E-state index contributed by atoms with van der Waals surface area (Å²) in [4.78, 5) is 17.4. The molecule has 1 aliphatic rings. The third kappa shape index (κ3) is 4.68. The minimum atomic E-state index is -3.57. The van der Waals surface area contributed by atoms with Crippen molar-refractivity contribution < 1.29 is 13.2 Å². The first-order valence-electron chi connectivity index (χ1n) is 11.9. The van der Waals surface area contributed by atoms with Gasteiger partial charge in [0.15, 0.2) is 5.78 Å². The highest BCUT2D eigenvalue weighted by Gasteiger charge is 2.20. The molecule has 174 valence electrons. The number of carbonyl (C=O) groups excluding carboxylic acids is 1. The van der Waals surface area contributed by atoms with Crippen LogP contribution in [0.1, 0.15) is 65.9 Å². The van der Waals surface area contributed by atoms with Crippen LogP contribution in [0.2, 0.25) is 0 Å². The van der Waals surface area contributed by atoms with Gasteiger partial charge in [-0.3, -0.25) is 4.79 Å². The number of carbonyl (C=O) groups is 1. The first kappa shape index (κ1) is 22.5. The molecule has 0 aliphatic heterocycles. The second-order valence-electron chi connectivity index (χ2n) is 9.09. The molecule has 0 unspecified atom stereocenters. The molecule has 0 radical (unpaired) electrons. The van der Waals surface area contributed by atoms with E-state index in [-0.39, 0.29) is 10.7 Å². The quantitative estimate of drug-likeness (QED) is 0.308. The number of rotatable bonds is 7. The van der Waals surface area contributed by atoms with Gasteiger partial charge in [-0.05, 0) is 72.7 Å². The predicted molar refractivity (Wildman–Crippen MR) is 132 cm³/mol.